The molecule has 4 atom stereocenters. The summed E-state index contributed by atoms with van der Waals surface area (Å²) in [6.07, 6.45) is 7.26. The monoisotopic (exact) mass is 304 g/mol. The summed E-state index contributed by atoms with van der Waals surface area (Å²) < 4.78 is 0. The number of hydrogen-bond acceptors (Lipinski definition) is 2. The van der Waals surface area contributed by atoms with E-state index in [9.17, 15) is 4.79 Å². The summed E-state index contributed by atoms with van der Waals surface area (Å²) in [7, 11) is 1.63. The molecule has 2 aliphatic carbocycles. The largest absolute Gasteiger partial charge is 0.381 e. The maximum absolute atomic E-state index is 11.7. The number of rotatable bonds is 4. The van der Waals surface area contributed by atoms with E-state index >= 15 is 0 Å². The molecular weight excluding hydrogens is 284 g/mol. The van der Waals surface area contributed by atoms with E-state index < -0.39 is 0 Å². The van der Waals surface area contributed by atoms with Crippen molar-refractivity contribution in [2.24, 2.45) is 17.8 Å². The van der Waals surface area contributed by atoms with Crippen molar-refractivity contribution in [3.8, 4) is 0 Å². The van der Waals surface area contributed by atoms with Gasteiger partial charge in [-0.15, -0.1) is 0 Å². The number of fused-ring (bicyclic) bond motifs is 2. The Morgan fingerprint density at radius 3 is 2.76 bits per heavy atom. The van der Waals surface area contributed by atoms with Crippen molar-refractivity contribution in [2.75, 3.05) is 12.4 Å². The Labute approximate surface area is 130 Å². The van der Waals surface area contributed by atoms with Crippen LogP contribution in [-0.4, -0.2) is 19.0 Å². The summed E-state index contributed by atoms with van der Waals surface area (Å²) in [5, 5.41) is 6.81. The molecule has 1 aromatic rings. The van der Waals surface area contributed by atoms with Crippen molar-refractivity contribution in [1.82, 2.24) is 5.32 Å². The van der Waals surface area contributed by atoms with Gasteiger partial charge in [0.25, 0.3) is 5.91 Å². The molecule has 1 aromatic carbocycles. The molecule has 0 aromatic heterocycles. The third-order valence-electron chi connectivity index (χ3n) is 4.81. The average Bonchev–Trinajstić information content (AvgIpc) is 3.11. The Hall–Kier alpha value is -1.48. The molecule has 112 valence electrons. The van der Waals surface area contributed by atoms with Crippen LogP contribution >= 0.6 is 11.6 Å². The van der Waals surface area contributed by atoms with Crippen molar-refractivity contribution >= 4 is 23.2 Å². The summed E-state index contributed by atoms with van der Waals surface area (Å²) in [4.78, 5) is 11.7. The number of carbonyl (C=O) groups is 1. The highest BCUT2D eigenvalue weighted by Crippen LogP contribution is 2.45. The second-order valence-corrected chi connectivity index (χ2v) is 6.56. The lowest BCUT2D eigenvalue weighted by Gasteiger charge is -2.27. The highest BCUT2D eigenvalue weighted by molar-refractivity contribution is 6.33. The first-order valence-electron chi connectivity index (χ1n) is 7.55. The van der Waals surface area contributed by atoms with E-state index in [2.05, 4.69) is 29.7 Å². The van der Waals surface area contributed by atoms with Crippen LogP contribution < -0.4 is 10.6 Å². The van der Waals surface area contributed by atoms with Crippen LogP contribution in [0.1, 0.15) is 30.1 Å². The third-order valence-corrected chi connectivity index (χ3v) is 5.14. The number of benzene rings is 1. The van der Waals surface area contributed by atoms with Gasteiger partial charge in [-0.3, -0.25) is 4.79 Å². The normalized spacial score (nSPS) is 27.7. The van der Waals surface area contributed by atoms with Crippen molar-refractivity contribution in [3.63, 3.8) is 0 Å². The van der Waals surface area contributed by atoms with Crippen molar-refractivity contribution < 1.29 is 4.79 Å². The minimum atomic E-state index is -0.0924. The van der Waals surface area contributed by atoms with Gasteiger partial charge in [-0.05, 0) is 55.7 Å². The Kier molecular flexibility index (Phi) is 3.94. The van der Waals surface area contributed by atoms with Gasteiger partial charge in [0.2, 0.25) is 0 Å². The number of anilines is 1. The van der Waals surface area contributed by atoms with E-state index in [0.29, 0.717) is 28.5 Å². The van der Waals surface area contributed by atoms with Crippen LogP contribution in [0.15, 0.2) is 30.4 Å². The zero-order chi connectivity index (χ0) is 15.0. The maximum Gasteiger partial charge on any atom is 0.251 e. The van der Waals surface area contributed by atoms with E-state index in [1.54, 1.807) is 19.2 Å². The second-order valence-electron chi connectivity index (χ2n) is 6.15. The van der Waals surface area contributed by atoms with E-state index in [4.69, 9.17) is 11.6 Å². The number of hydrogen-bond donors (Lipinski definition) is 2. The minimum absolute atomic E-state index is 0.0924. The molecule has 0 radical (unpaired) electrons. The fourth-order valence-corrected chi connectivity index (χ4v) is 3.84. The molecule has 1 amide bonds. The van der Waals surface area contributed by atoms with Gasteiger partial charge in [0, 0.05) is 18.7 Å². The molecule has 0 heterocycles. The van der Waals surface area contributed by atoms with Gasteiger partial charge in [0.05, 0.1) is 10.7 Å². The number of carbonyl (C=O) groups excluding carboxylic acids is 1. The third kappa shape index (κ3) is 2.80. The topological polar surface area (TPSA) is 41.1 Å². The molecule has 1 fully saturated rings. The lowest BCUT2D eigenvalue weighted by atomic mass is 9.87. The number of halogens is 1. The fraction of sp³-hybridized carbons (Fsp3) is 0.471. The summed E-state index contributed by atoms with van der Waals surface area (Å²) in [5.41, 5.74) is 1.47. The van der Waals surface area contributed by atoms with Crippen molar-refractivity contribution in [3.05, 3.63) is 40.9 Å². The van der Waals surface area contributed by atoms with Gasteiger partial charge in [-0.25, -0.2) is 0 Å². The summed E-state index contributed by atoms with van der Waals surface area (Å²) in [5.74, 6) is 2.01. The number of allylic oxidation sites excluding steroid dienone is 2. The first-order chi connectivity index (χ1) is 10.1. The lowest BCUT2D eigenvalue weighted by Crippen LogP contribution is -2.29. The quantitative estimate of drug-likeness (QED) is 0.833. The van der Waals surface area contributed by atoms with E-state index in [1.165, 1.54) is 12.8 Å². The highest BCUT2D eigenvalue weighted by Gasteiger charge is 2.38. The zero-order valence-corrected chi connectivity index (χ0v) is 13.2. The van der Waals surface area contributed by atoms with Crippen molar-refractivity contribution in [1.29, 1.82) is 0 Å². The molecule has 2 aliphatic rings. The summed E-state index contributed by atoms with van der Waals surface area (Å²) in [6.45, 7) is 2.21. The summed E-state index contributed by atoms with van der Waals surface area (Å²) >= 11 is 6.27. The number of amides is 1. The Morgan fingerprint density at radius 1 is 1.33 bits per heavy atom. The van der Waals surface area contributed by atoms with E-state index in [0.717, 1.165) is 11.6 Å². The van der Waals surface area contributed by atoms with Crippen LogP contribution in [0.3, 0.4) is 0 Å². The fourth-order valence-electron chi connectivity index (χ4n) is 3.67. The van der Waals surface area contributed by atoms with E-state index in [1.807, 2.05) is 6.07 Å². The maximum atomic E-state index is 11.7. The first kappa shape index (κ1) is 14.5. The molecule has 3 nitrogen and oxygen atoms in total. The molecule has 4 heteroatoms. The molecule has 2 bridgehead atoms. The van der Waals surface area contributed by atoms with Crippen LogP contribution in [-0.2, 0) is 0 Å². The smallest absolute Gasteiger partial charge is 0.251 e. The van der Waals surface area contributed by atoms with Gasteiger partial charge in [-0.1, -0.05) is 23.8 Å². The second kappa shape index (κ2) is 5.72. The van der Waals surface area contributed by atoms with Gasteiger partial charge >= 0.3 is 0 Å². The van der Waals surface area contributed by atoms with Gasteiger partial charge in [0.15, 0.2) is 0 Å². The molecule has 1 saturated carbocycles. The molecule has 0 aliphatic heterocycles. The van der Waals surface area contributed by atoms with Gasteiger partial charge in [0.1, 0.15) is 0 Å². The van der Waals surface area contributed by atoms with Gasteiger partial charge < -0.3 is 10.6 Å². The Balaban J connectivity index is 1.75. The Bertz CT molecular complexity index is 584. The van der Waals surface area contributed by atoms with E-state index in [-0.39, 0.29) is 5.91 Å². The Morgan fingerprint density at radius 2 is 2.14 bits per heavy atom. The van der Waals surface area contributed by atoms with Crippen LogP contribution in [0, 0.1) is 17.8 Å². The molecule has 21 heavy (non-hydrogen) atoms. The van der Waals surface area contributed by atoms with Crippen molar-refractivity contribution in [2.45, 2.75) is 25.8 Å². The molecular formula is C17H21ClN2O. The predicted octanol–water partition coefficient (Wildman–Crippen LogP) is 3.71. The molecule has 3 rings (SSSR count). The lowest BCUT2D eigenvalue weighted by molar-refractivity contribution is 0.0963. The van der Waals surface area contributed by atoms with Crippen LogP contribution in [0.5, 0.6) is 0 Å². The SMILES string of the molecule is CNC(=O)c1ccc(Cl)c(NC(C)C2CC3C=CC2C3)c1. The predicted molar refractivity (Wildman–Crippen MR) is 86.8 cm³/mol. The average molecular weight is 305 g/mol. The summed E-state index contributed by atoms with van der Waals surface area (Å²) in [6, 6.07) is 5.71. The van der Waals surface area contributed by atoms with Crippen LogP contribution in [0.25, 0.3) is 0 Å². The molecule has 4 unspecified atom stereocenters. The molecule has 0 spiro atoms. The molecule has 2 N–H and O–H groups in total. The van der Waals surface area contributed by atoms with Crippen LogP contribution in [0.2, 0.25) is 5.02 Å². The number of nitrogens with one attached hydrogen (secondary N) is 2. The standard InChI is InChI=1S/C17H21ClN2O/c1-10(14-8-11-3-4-12(14)7-11)20-16-9-13(17(21)19-2)5-6-15(16)18/h3-6,9-12,14,20H,7-8H2,1-2H3,(H,19,21). The zero-order valence-electron chi connectivity index (χ0n) is 12.4. The molecule has 0 saturated heterocycles. The van der Waals surface area contributed by atoms with Gasteiger partial charge in [-0.2, -0.15) is 0 Å². The first-order valence-corrected chi connectivity index (χ1v) is 7.92. The minimum Gasteiger partial charge on any atom is -0.381 e. The highest BCUT2D eigenvalue weighted by atomic mass is 35.5. The van der Waals surface area contributed by atoms with Crippen LogP contribution in [0.4, 0.5) is 5.69 Å².